The smallest absolute Gasteiger partial charge is 0.221 e. The maximum absolute atomic E-state index is 11.7. The van der Waals surface area contributed by atoms with Crippen LogP contribution < -0.4 is 5.32 Å². The van der Waals surface area contributed by atoms with Gasteiger partial charge >= 0.3 is 0 Å². The number of amides is 1. The van der Waals surface area contributed by atoms with Crippen LogP contribution in [0.2, 0.25) is 0 Å². The van der Waals surface area contributed by atoms with Crippen molar-refractivity contribution in [3.8, 4) is 0 Å². The summed E-state index contributed by atoms with van der Waals surface area (Å²) in [5.74, 6) is 0.174. The van der Waals surface area contributed by atoms with E-state index in [-0.39, 0.29) is 12.5 Å². The zero-order chi connectivity index (χ0) is 12.5. The van der Waals surface area contributed by atoms with Crippen LogP contribution in [-0.4, -0.2) is 48.7 Å². The highest BCUT2D eigenvalue weighted by Crippen LogP contribution is 2.17. The van der Waals surface area contributed by atoms with Crippen molar-refractivity contribution < 1.29 is 9.90 Å². The predicted octanol–water partition coefficient (Wildman–Crippen LogP) is 1.14. The van der Waals surface area contributed by atoms with Gasteiger partial charge in [0.1, 0.15) is 0 Å². The van der Waals surface area contributed by atoms with Gasteiger partial charge in [-0.05, 0) is 26.3 Å². The monoisotopic (exact) mass is 242 g/mol. The van der Waals surface area contributed by atoms with Crippen LogP contribution in [0.3, 0.4) is 0 Å². The number of hydrogen-bond acceptors (Lipinski definition) is 3. The molecule has 0 aliphatic heterocycles. The van der Waals surface area contributed by atoms with Crippen LogP contribution in [0.25, 0.3) is 0 Å². The Morgan fingerprint density at radius 3 is 2.65 bits per heavy atom. The minimum absolute atomic E-state index is 0.174. The van der Waals surface area contributed by atoms with E-state index in [0.29, 0.717) is 12.5 Å². The van der Waals surface area contributed by atoms with Gasteiger partial charge in [-0.2, -0.15) is 0 Å². The SMILES string of the molecule is CN(CCCO)CCC(=O)NC1CCCCC1. The fourth-order valence-electron chi connectivity index (χ4n) is 2.29. The van der Waals surface area contributed by atoms with Gasteiger partial charge in [-0.1, -0.05) is 19.3 Å². The highest BCUT2D eigenvalue weighted by Gasteiger charge is 2.15. The van der Waals surface area contributed by atoms with Gasteiger partial charge < -0.3 is 15.3 Å². The number of rotatable bonds is 7. The van der Waals surface area contributed by atoms with Crippen molar-refractivity contribution in [2.75, 3.05) is 26.7 Å². The van der Waals surface area contributed by atoms with E-state index < -0.39 is 0 Å². The van der Waals surface area contributed by atoms with Gasteiger partial charge in [0.25, 0.3) is 0 Å². The number of aliphatic hydroxyl groups is 1. The van der Waals surface area contributed by atoms with Crippen molar-refractivity contribution >= 4 is 5.91 Å². The molecule has 4 heteroatoms. The molecule has 0 bridgehead atoms. The molecule has 100 valence electrons. The molecule has 1 aliphatic carbocycles. The van der Waals surface area contributed by atoms with Gasteiger partial charge in [0.05, 0.1) is 0 Å². The molecular weight excluding hydrogens is 216 g/mol. The average molecular weight is 242 g/mol. The molecule has 2 N–H and O–H groups in total. The summed E-state index contributed by atoms with van der Waals surface area (Å²) in [5.41, 5.74) is 0. The highest BCUT2D eigenvalue weighted by atomic mass is 16.3. The summed E-state index contributed by atoms with van der Waals surface area (Å²) in [4.78, 5) is 13.8. The van der Waals surface area contributed by atoms with Gasteiger partial charge in [0.15, 0.2) is 0 Å². The minimum atomic E-state index is 0.174. The minimum Gasteiger partial charge on any atom is -0.396 e. The molecule has 0 aromatic heterocycles. The largest absolute Gasteiger partial charge is 0.396 e. The Morgan fingerprint density at radius 2 is 2.00 bits per heavy atom. The first-order valence-corrected chi connectivity index (χ1v) is 6.81. The number of aliphatic hydroxyl groups excluding tert-OH is 1. The Labute approximate surface area is 104 Å². The standard InChI is InChI=1S/C13H26N2O2/c1-15(9-5-11-16)10-8-13(17)14-12-6-3-2-4-7-12/h12,16H,2-11H2,1H3,(H,14,17). The third kappa shape index (κ3) is 6.64. The van der Waals surface area contributed by atoms with E-state index in [9.17, 15) is 4.79 Å². The first-order valence-electron chi connectivity index (χ1n) is 6.81. The quantitative estimate of drug-likeness (QED) is 0.704. The van der Waals surface area contributed by atoms with Crippen LogP contribution in [0.5, 0.6) is 0 Å². The van der Waals surface area contributed by atoms with Crippen LogP contribution in [0, 0.1) is 0 Å². The Balaban J connectivity index is 2.07. The lowest BCUT2D eigenvalue weighted by Gasteiger charge is -2.23. The number of nitrogens with one attached hydrogen (secondary N) is 1. The maximum Gasteiger partial charge on any atom is 0.221 e. The lowest BCUT2D eigenvalue weighted by atomic mass is 9.95. The number of nitrogens with zero attached hydrogens (tertiary/aromatic N) is 1. The highest BCUT2D eigenvalue weighted by molar-refractivity contribution is 5.76. The molecule has 0 aromatic rings. The molecule has 1 aliphatic rings. The van der Waals surface area contributed by atoms with Gasteiger partial charge in [0, 0.05) is 32.2 Å². The Hall–Kier alpha value is -0.610. The van der Waals surface area contributed by atoms with Crippen LogP contribution in [0.15, 0.2) is 0 Å². The second kappa shape index (κ2) is 8.48. The van der Waals surface area contributed by atoms with Crippen molar-refractivity contribution in [2.45, 2.75) is 51.0 Å². The third-order valence-electron chi connectivity index (χ3n) is 3.39. The lowest BCUT2D eigenvalue weighted by molar-refractivity contribution is -0.122. The van der Waals surface area contributed by atoms with Crippen molar-refractivity contribution in [1.82, 2.24) is 10.2 Å². The van der Waals surface area contributed by atoms with Crippen molar-refractivity contribution in [3.63, 3.8) is 0 Å². The number of carbonyl (C=O) groups excluding carboxylic acids is 1. The molecule has 0 atom stereocenters. The summed E-state index contributed by atoms with van der Waals surface area (Å²) >= 11 is 0. The molecule has 17 heavy (non-hydrogen) atoms. The molecule has 1 fully saturated rings. The average Bonchev–Trinajstić information content (AvgIpc) is 2.35. The summed E-state index contributed by atoms with van der Waals surface area (Å²) in [5, 5.41) is 11.8. The molecule has 0 radical (unpaired) electrons. The summed E-state index contributed by atoms with van der Waals surface area (Å²) in [6, 6.07) is 0.416. The Kier molecular flexibility index (Phi) is 7.21. The molecule has 0 spiro atoms. The molecule has 0 heterocycles. The normalized spacial score (nSPS) is 17.4. The third-order valence-corrected chi connectivity index (χ3v) is 3.39. The van der Waals surface area contributed by atoms with Crippen LogP contribution in [-0.2, 0) is 4.79 Å². The fourth-order valence-corrected chi connectivity index (χ4v) is 2.29. The first-order chi connectivity index (χ1) is 8.22. The Bertz CT molecular complexity index is 215. The topological polar surface area (TPSA) is 52.6 Å². The summed E-state index contributed by atoms with van der Waals surface area (Å²) in [7, 11) is 1.99. The molecule has 4 nitrogen and oxygen atoms in total. The van der Waals surface area contributed by atoms with E-state index in [0.717, 1.165) is 32.4 Å². The zero-order valence-electron chi connectivity index (χ0n) is 11.0. The van der Waals surface area contributed by atoms with E-state index in [4.69, 9.17) is 5.11 Å². The maximum atomic E-state index is 11.7. The van der Waals surface area contributed by atoms with E-state index in [1.165, 1.54) is 19.3 Å². The molecule has 1 amide bonds. The molecule has 0 saturated heterocycles. The summed E-state index contributed by atoms with van der Waals surface area (Å²) < 4.78 is 0. The summed E-state index contributed by atoms with van der Waals surface area (Å²) in [6.07, 6.45) is 7.45. The van der Waals surface area contributed by atoms with Crippen LogP contribution in [0.1, 0.15) is 44.9 Å². The van der Waals surface area contributed by atoms with Crippen LogP contribution in [0.4, 0.5) is 0 Å². The second-order valence-electron chi connectivity index (χ2n) is 5.03. The molecule has 0 aromatic carbocycles. The van der Waals surface area contributed by atoms with Crippen molar-refractivity contribution in [1.29, 1.82) is 0 Å². The second-order valence-corrected chi connectivity index (χ2v) is 5.03. The van der Waals surface area contributed by atoms with Gasteiger partial charge in [-0.15, -0.1) is 0 Å². The van der Waals surface area contributed by atoms with Gasteiger partial charge in [-0.25, -0.2) is 0 Å². The summed E-state index contributed by atoms with van der Waals surface area (Å²) in [6.45, 7) is 1.85. The predicted molar refractivity (Wildman–Crippen MR) is 68.8 cm³/mol. The van der Waals surface area contributed by atoms with Gasteiger partial charge in [0.2, 0.25) is 5.91 Å². The fraction of sp³-hybridized carbons (Fsp3) is 0.923. The van der Waals surface area contributed by atoms with Crippen molar-refractivity contribution in [2.24, 2.45) is 0 Å². The molecular formula is C13H26N2O2. The van der Waals surface area contributed by atoms with Gasteiger partial charge in [-0.3, -0.25) is 4.79 Å². The number of hydrogen-bond donors (Lipinski definition) is 2. The lowest BCUT2D eigenvalue weighted by Crippen LogP contribution is -2.37. The molecule has 1 rings (SSSR count). The van der Waals surface area contributed by atoms with E-state index >= 15 is 0 Å². The molecule has 0 unspecified atom stereocenters. The first kappa shape index (κ1) is 14.5. The van der Waals surface area contributed by atoms with Crippen molar-refractivity contribution in [3.05, 3.63) is 0 Å². The zero-order valence-corrected chi connectivity index (χ0v) is 11.0. The van der Waals surface area contributed by atoms with E-state index in [1.807, 2.05) is 7.05 Å². The Morgan fingerprint density at radius 1 is 1.29 bits per heavy atom. The van der Waals surface area contributed by atoms with Crippen LogP contribution >= 0.6 is 0 Å². The number of carbonyl (C=O) groups is 1. The van der Waals surface area contributed by atoms with E-state index in [2.05, 4.69) is 10.2 Å². The van der Waals surface area contributed by atoms with E-state index in [1.54, 1.807) is 0 Å². The molecule has 1 saturated carbocycles.